The Labute approximate surface area is 111 Å². The van der Waals surface area contributed by atoms with Crippen LogP contribution in [0.1, 0.15) is 25.0 Å². The molecule has 0 spiro atoms. The van der Waals surface area contributed by atoms with Crippen molar-refractivity contribution in [2.24, 2.45) is 0 Å². The zero-order valence-electron chi connectivity index (χ0n) is 11.5. The minimum Gasteiger partial charge on any atom is -0.493 e. The van der Waals surface area contributed by atoms with Gasteiger partial charge >= 0.3 is 0 Å². The molecule has 1 atom stereocenters. The van der Waals surface area contributed by atoms with Gasteiger partial charge in [-0.2, -0.15) is 0 Å². The molecular formula is C14H24ClNO. The lowest BCUT2D eigenvalue weighted by Gasteiger charge is -2.21. The number of nitrogens with zero attached hydrogens (tertiary/aromatic N) is 1. The molecule has 0 amide bonds. The van der Waals surface area contributed by atoms with Gasteiger partial charge in [0.2, 0.25) is 0 Å². The largest absolute Gasteiger partial charge is 0.493 e. The monoisotopic (exact) mass is 257 g/mol. The first-order valence-electron chi connectivity index (χ1n) is 5.94. The molecule has 0 aliphatic rings. The SMILES string of the molecule is CCOc1c(C)cccc1CC(C)N(C)C.Cl. The van der Waals surface area contributed by atoms with E-state index in [-0.39, 0.29) is 12.4 Å². The van der Waals surface area contributed by atoms with E-state index in [4.69, 9.17) is 4.74 Å². The Hall–Kier alpha value is -0.730. The summed E-state index contributed by atoms with van der Waals surface area (Å²) in [6.07, 6.45) is 1.03. The normalized spacial score (nSPS) is 12.1. The molecule has 0 bridgehead atoms. The van der Waals surface area contributed by atoms with Crippen LogP contribution in [0.3, 0.4) is 0 Å². The molecule has 2 nitrogen and oxygen atoms in total. The van der Waals surface area contributed by atoms with Crippen molar-refractivity contribution in [3.8, 4) is 5.75 Å². The maximum Gasteiger partial charge on any atom is 0.125 e. The topological polar surface area (TPSA) is 12.5 Å². The number of halogens is 1. The van der Waals surface area contributed by atoms with Crippen LogP contribution >= 0.6 is 12.4 Å². The molecule has 98 valence electrons. The predicted molar refractivity (Wildman–Crippen MR) is 76.4 cm³/mol. The standard InChI is InChI=1S/C14H23NO.ClH/c1-6-16-14-11(2)8-7-9-13(14)10-12(3)15(4)5;/h7-9,12H,6,10H2,1-5H3;1H. The van der Waals surface area contributed by atoms with Crippen molar-refractivity contribution in [3.63, 3.8) is 0 Å². The number of hydrogen-bond donors (Lipinski definition) is 0. The molecule has 0 saturated heterocycles. The van der Waals surface area contributed by atoms with Crippen molar-refractivity contribution in [1.82, 2.24) is 4.90 Å². The molecule has 1 unspecified atom stereocenters. The van der Waals surface area contributed by atoms with Gasteiger partial charge in [-0.05, 0) is 52.4 Å². The van der Waals surface area contributed by atoms with Gasteiger partial charge in [0.25, 0.3) is 0 Å². The summed E-state index contributed by atoms with van der Waals surface area (Å²) in [4.78, 5) is 2.23. The number of benzene rings is 1. The van der Waals surface area contributed by atoms with Crippen molar-refractivity contribution >= 4 is 12.4 Å². The average Bonchev–Trinajstić information content (AvgIpc) is 2.23. The number of likely N-dealkylation sites (N-methyl/N-ethyl adjacent to an activating group) is 1. The minimum absolute atomic E-state index is 0. The zero-order valence-corrected chi connectivity index (χ0v) is 12.3. The average molecular weight is 258 g/mol. The van der Waals surface area contributed by atoms with E-state index in [0.717, 1.165) is 18.8 Å². The maximum absolute atomic E-state index is 5.73. The van der Waals surface area contributed by atoms with Crippen LogP contribution in [0.15, 0.2) is 18.2 Å². The van der Waals surface area contributed by atoms with Gasteiger partial charge in [-0.15, -0.1) is 12.4 Å². The number of hydrogen-bond acceptors (Lipinski definition) is 2. The second kappa shape index (κ2) is 7.57. The van der Waals surface area contributed by atoms with Crippen molar-refractivity contribution in [3.05, 3.63) is 29.3 Å². The van der Waals surface area contributed by atoms with Gasteiger partial charge in [-0.1, -0.05) is 18.2 Å². The van der Waals surface area contributed by atoms with Crippen molar-refractivity contribution < 1.29 is 4.74 Å². The molecule has 0 N–H and O–H groups in total. The lowest BCUT2D eigenvalue weighted by atomic mass is 10.0. The van der Waals surface area contributed by atoms with Gasteiger partial charge in [0.15, 0.2) is 0 Å². The zero-order chi connectivity index (χ0) is 12.1. The lowest BCUT2D eigenvalue weighted by molar-refractivity contribution is 0.301. The Morgan fingerprint density at radius 2 is 1.94 bits per heavy atom. The van der Waals surface area contributed by atoms with E-state index in [2.05, 4.69) is 51.0 Å². The third kappa shape index (κ3) is 4.57. The van der Waals surface area contributed by atoms with Crippen LogP contribution in [0.4, 0.5) is 0 Å². The predicted octanol–water partition coefficient (Wildman–Crippen LogP) is 3.31. The van der Waals surface area contributed by atoms with Crippen LogP contribution < -0.4 is 4.74 Å². The molecule has 1 rings (SSSR count). The molecule has 1 aromatic rings. The van der Waals surface area contributed by atoms with E-state index in [1.54, 1.807) is 0 Å². The van der Waals surface area contributed by atoms with E-state index in [1.165, 1.54) is 11.1 Å². The highest BCUT2D eigenvalue weighted by atomic mass is 35.5. The van der Waals surface area contributed by atoms with Gasteiger partial charge in [0.05, 0.1) is 6.61 Å². The first-order chi connectivity index (χ1) is 7.56. The molecule has 0 heterocycles. The summed E-state index contributed by atoms with van der Waals surface area (Å²) in [6, 6.07) is 6.91. The molecule has 1 aromatic carbocycles. The summed E-state index contributed by atoms with van der Waals surface area (Å²) in [6.45, 7) is 7.10. The highest BCUT2D eigenvalue weighted by Crippen LogP contribution is 2.25. The first kappa shape index (κ1) is 16.3. The molecule has 17 heavy (non-hydrogen) atoms. The summed E-state index contributed by atoms with van der Waals surface area (Å²) in [5, 5.41) is 0. The van der Waals surface area contributed by atoms with Crippen molar-refractivity contribution in [2.45, 2.75) is 33.2 Å². The molecule has 0 radical (unpaired) electrons. The number of aryl methyl sites for hydroxylation is 1. The van der Waals surface area contributed by atoms with Gasteiger partial charge in [-0.25, -0.2) is 0 Å². The molecule has 3 heteroatoms. The second-order valence-corrected chi connectivity index (χ2v) is 4.51. The quantitative estimate of drug-likeness (QED) is 0.803. The van der Waals surface area contributed by atoms with E-state index in [1.807, 2.05) is 6.92 Å². The second-order valence-electron chi connectivity index (χ2n) is 4.51. The van der Waals surface area contributed by atoms with Crippen LogP contribution in [-0.4, -0.2) is 31.6 Å². The lowest BCUT2D eigenvalue weighted by Crippen LogP contribution is -2.26. The minimum atomic E-state index is 0. The fraction of sp³-hybridized carbons (Fsp3) is 0.571. The summed E-state index contributed by atoms with van der Waals surface area (Å²) in [5.74, 6) is 1.07. The van der Waals surface area contributed by atoms with Crippen molar-refractivity contribution in [1.29, 1.82) is 0 Å². The molecule has 0 aliphatic carbocycles. The number of rotatable bonds is 5. The Kier molecular flexibility index (Phi) is 7.24. The summed E-state index contributed by atoms with van der Waals surface area (Å²) >= 11 is 0. The third-order valence-corrected chi connectivity index (χ3v) is 2.98. The number of para-hydroxylation sites is 1. The van der Waals surface area contributed by atoms with Gasteiger partial charge in [0, 0.05) is 6.04 Å². The molecule has 0 fully saturated rings. The Bertz CT molecular complexity index is 339. The van der Waals surface area contributed by atoms with Crippen LogP contribution in [-0.2, 0) is 6.42 Å². The van der Waals surface area contributed by atoms with E-state index >= 15 is 0 Å². The Balaban J connectivity index is 0.00000256. The Morgan fingerprint density at radius 1 is 1.29 bits per heavy atom. The van der Waals surface area contributed by atoms with Crippen LogP contribution in [0.2, 0.25) is 0 Å². The highest BCUT2D eigenvalue weighted by Gasteiger charge is 2.11. The summed E-state index contributed by atoms with van der Waals surface area (Å²) < 4.78 is 5.73. The van der Waals surface area contributed by atoms with Crippen LogP contribution in [0.25, 0.3) is 0 Å². The molecule has 0 saturated carbocycles. The molecular weight excluding hydrogens is 234 g/mol. The van der Waals surface area contributed by atoms with Gasteiger partial charge in [-0.3, -0.25) is 0 Å². The fourth-order valence-corrected chi connectivity index (χ4v) is 1.73. The highest BCUT2D eigenvalue weighted by molar-refractivity contribution is 5.85. The fourth-order valence-electron chi connectivity index (χ4n) is 1.73. The van der Waals surface area contributed by atoms with Crippen LogP contribution in [0.5, 0.6) is 5.75 Å². The Morgan fingerprint density at radius 3 is 2.47 bits per heavy atom. The van der Waals surface area contributed by atoms with E-state index in [0.29, 0.717) is 6.04 Å². The van der Waals surface area contributed by atoms with Gasteiger partial charge in [0.1, 0.15) is 5.75 Å². The first-order valence-corrected chi connectivity index (χ1v) is 5.94. The molecule has 0 aromatic heterocycles. The van der Waals surface area contributed by atoms with Crippen LogP contribution in [0, 0.1) is 6.92 Å². The van der Waals surface area contributed by atoms with Crippen molar-refractivity contribution in [2.75, 3.05) is 20.7 Å². The smallest absolute Gasteiger partial charge is 0.125 e. The third-order valence-electron chi connectivity index (χ3n) is 2.98. The maximum atomic E-state index is 5.73. The number of ether oxygens (including phenoxy) is 1. The summed E-state index contributed by atoms with van der Waals surface area (Å²) in [7, 11) is 4.22. The summed E-state index contributed by atoms with van der Waals surface area (Å²) in [5.41, 5.74) is 2.54. The van der Waals surface area contributed by atoms with Gasteiger partial charge < -0.3 is 9.64 Å². The van der Waals surface area contributed by atoms with E-state index in [9.17, 15) is 0 Å². The van der Waals surface area contributed by atoms with E-state index < -0.39 is 0 Å². The molecule has 0 aliphatic heterocycles.